The number of hydrogen-bond acceptors (Lipinski definition) is 5. The van der Waals surface area contributed by atoms with Crippen LogP contribution in [-0.2, 0) is 16.0 Å². The van der Waals surface area contributed by atoms with Gasteiger partial charge in [-0.15, -0.1) is 0 Å². The van der Waals surface area contributed by atoms with Gasteiger partial charge in [-0.25, -0.2) is 0 Å². The van der Waals surface area contributed by atoms with E-state index >= 15 is 0 Å². The van der Waals surface area contributed by atoms with E-state index in [2.05, 4.69) is 15.6 Å². The van der Waals surface area contributed by atoms with Crippen LogP contribution in [0, 0.1) is 5.92 Å². The van der Waals surface area contributed by atoms with E-state index in [0.717, 1.165) is 61.4 Å². The van der Waals surface area contributed by atoms with E-state index in [0.29, 0.717) is 17.9 Å². The predicted octanol–water partition coefficient (Wildman–Crippen LogP) is 4.29. The second-order valence-electron chi connectivity index (χ2n) is 7.66. The van der Waals surface area contributed by atoms with Crippen molar-refractivity contribution in [3.63, 3.8) is 0 Å². The first-order chi connectivity index (χ1) is 14.0. The van der Waals surface area contributed by atoms with Crippen molar-refractivity contribution >= 4 is 28.9 Å². The lowest BCUT2D eigenvalue weighted by molar-refractivity contribution is -0.122. The molecule has 1 saturated heterocycles. The van der Waals surface area contributed by atoms with Gasteiger partial charge in [-0.3, -0.25) is 9.78 Å². The summed E-state index contributed by atoms with van der Waals surface area (Å²) in [6.07, 6.45) is 5.34. The monoisotopic (exact) mass is 413 g/mol. The summed E-state index contributed by atoms with van der Waals surface area (Å²) in [6.45, 7) is 4.10. The Kier molecular flexibility index (Phi) is 7.78. The molecule has 0 spiro atoms. The highest BCUT2D eigenvalue weighted by molar-refractivity contribution is 6.33. The first-order valence-corrected chi connectivity index (χ1v) is 10.6. The zero-order valence-electron chi connectivity index (χ0n) is 16.8. The number of piperidine rings is 1. The molecule has 0 radical (unpaired) electrons. The Bertz CT molecular complexity index is 863. The normalized spacial score (nSPS) is 16.4. The van der Waals surface area contributed by atoms with Crippen molar-refractivity contribution in [2.45, 2.75) is 39.0 Å². The molecular weight excluding hydrogens is 386 g/mol. The molecule has 154 valence electrons. The third-order valence-electron chi connectivity index (χ3n) is 5.23. The minimum Gasteiger partial charge on any atom is -0.385 e. The highest BCUT2D eigenvalue weighted by Crippen LogP contribution is 2.30. The number of benzene rings is 1. The number of ketones is 2. The molecule has 0 unspecified atom stereocenters. The molecule has 2 aromatic rings. The molecule has 2 N–H and O–H groups in total. The third kappa shape index (κ3) is 6.38. The maximum absolute atomic E-state index is 12.6. The van der Waals surface area contributed by atoms with Crippen molar-refractivity contribution in [3.05, 3.63) is 47.2 Å². The molecule has 3 rings (SSSR count). The van der Waals surface area contributed by atoms with E-state index in [1.54, 1.807) is 13.1 Å². The molecule has 1 aliphatic heterocycles. The maximum Gasteiger partial charge on any atom is 0.143 e. The summed E-state index contributed by atoms with van der Waals surface area (Å²) >= 11 is 6.41. The summed E-state index contributed by atoms with van der Waals surface area (Å²) in [6, 6.07) is 9.92. The van der Waals surface area contributed by atoms with Crippen molar-refractivity contribution in [2.24, 2.45) is 5.92 Å². The highest BCUT2D eigenvalue weighted by Gasteiger charge is 2.21. The van der Waals surface area contributed by atoms with E-state index in [1.165, 1.54) is 0 Å². The number of aromatic nitrogens is 1. The first-order valence-electron chi connectivity index (χ1n) is 10.2. The van der Waals surface area contributed by atoms with Crippen LogP contribution in [0.1, 0.15) is 38.3 Å². The molecule has 5 nitrogen and oxygen atoms in total. The summed E-state index contributed by atoms with van der Waals surface area (Å²) in [5.74, 6) is 0.515. The topological polar surface area (TPSA) is 71.1 Å². The number of nitrogens with zero attached hydrogens (tertiary/aromatic N) is 1. The molecule has 1 fully saturated rings. The molecule has 1 aromatic heterocycles. The van der Waals surface area contributed by atoms with Crippen molar-refractivity contribution < 1.29 is 9.59 Å². The number of rotatable bonds is 9. The van der Waals surface area contributed by atoms with E-state index in [4.69, 9.17) is 11.6 Å². The van der Waals surface area contributed by atoms with Crippen LogP contribution in [0.5, 0.6) is 0 Å². The molecule has 6 heteroatoms. The number of Topliss-reactive ketones (excluding diaryl/α,β-unsaturated/α-hetero) is 2. The fraction of sp³-hybridized carbons (Fsp3) is 0.435. The summed E-state index contributed by atoms with van der Waals surface area (Å²) < 4.78 is 0. The molecular formula is C23H28ClN3O2. The van der Waals surface area contributed by atoms with Crippen molar-refractivity contribution in [2.75, 3.05) is 25.0 Å². The van der Waals surface area contributed by atoms with Gasteiger partial charge in [0.1, 0.15) is 11.6 Å². The number of nitrogens with one attached hydrogen (secondary N) is 2. The molecule has 0 saturated carbocycles. The van der Waals surface area contributed by atoms with Gasteiger partial charge in [0.05, 0.1) is 5.02 Å². The van der Waals surface area contributed by atoms with Crippen LogP contribution < -0.4 is 10.6 Å². The Morgan fingerprint density at radius 2 is 2.17 bits per heavy atom. The number of anilines is 1. The molecule has 1 aliphatic rings. The smallest absolute Gasteiger partial charge is 0.143 e. The number of pyridine rings is 1. The quantitative estimate of drug-likeness (QED) is 0.600. The first kappa shape index (κ1) is 21.5. The van der Waals surface area contributed by atoms with Crippen molar-refractivity contribution in [1.82, 2.24) is 10.3 Å². The third-order valence-corrected chi connectivity index (χ3v) is 5.53. The molecule has 0 aliphatic carbocycles. The summed E-state index contributed by atoms with van der Waals surface area (Å²) in [7, 11) is 0. The molecule has 29 heavy (non-hydrogen) atoms. The number of carbonyl (C=O) groups excluding carboxylic acids is 2. The Hall–Kier alpha value is -2.24. The van der Waals surface area contributed by atoms with Gasteiger partial charge in [0.15, 0.2) is 0 Å². The standard InChI is InChI=1S/C23H28ClN3O2/c1-16(28)5-3-10-26-19-8-2-6-17(11-19)21-12-20(27-15-22(21)24)13-23(29)18-7-4-9-25-14-18/h2,6,8,11-12,15,18,25-26H,3-5,7,9-10,13-14H2,1H3/t18-/m1/s1. The van der Waals surface area contributed by atoms with Crippen LogP contribution in [0.25, 0.3) is 11.1 Å². The van der Waals surface area contributed by atoms with Gasteiger partial charge < -0.3 is 15.4 Å². The fourth-order valence-corrected chi connectivity index (χ4v) is 3.83. The van der Waals surface area contributed by atoms with Gasteiger partial charge >= 0.3 is 0 Å². The van der Waals surface area contributed by atoms with Crippen LogP contribution in [0.4, 0.5) is 5.69 Å². The van der Waals surface area contributed by atoms with Gasteiger partial charge in [-0.05, 0) is 56.5 Å². The van der Waals surface area contributed by atoms with Crippen LogP contribution in [0.3, 0.4) is 0 Å². The molecule has 2 heterocycles. The highest BCUT2D eigenvalue weighted by atomic mass is 35.5. The number of halogens is 1. The molecule has 1 atom stereocenters. The van der Waals surface area contributed by atoms with Crippen molar-refractivity contribution in [3.8, 4) is 11.1 Å². The average molecular weight is 414 g/mol. The summed E-state index contributed by atoms with van der Waals surface area (Å²) in [4.78, 5) is 28.0. The zero-order chi connectivity index (χ0) is 20.6. The predicted molar refractivity (Wildman–Crippen MR) is 117 cm³/mol. The van der Waals surface area contributed by atoms with Crippen LogP contribution in [0.15, 0.2) is 36.5 Å². The Morgan fingerprint density at radius 3 is 2.93 bits per heavy atom. The number of hydrogen-bond donors (Lipinski definition) is 2. The SMILES string of the molecule is CC(=O)CCCNc1cccc(-c2cc(CC(=O)[C@@H]3CCCNC3)ncc2Cl)c1. The average Bonchev–Trinajstić information content (AvgIpc) is 2.73. The Balaban J connectivity index is 1.69. The van der Waals surface area contributed by atoms with Gasteiger partial charge in [-0.2, -0.15) is 0 Å². The van der Waals surface area contributed by atoms with Crippen LogP contribution >= 0.6 is 11.6 Å². The zero-order valence-corrected chi connectivity index (χ0v) is 17.6. The molecule has 0 bridgehead atoms. The summed E-state index contributed by atoms with van der Waals surface area (Å²) in [5.41, 5.74) is 3.57. The van der Waals surface area contributed by atoms with E-state index in [9.17, 15) is 9.59 Å². The largest absolute Gasteiger partial charge is 0.385 e. The van der Waals surface area contributed by atoms with Crippen molar-refractivity contribution in [1.29, 1.82) is 0 Å². The lowest BCUT2D eigenvalue weighted by Gasteiger charge is -2.21. The minimum absolute atomic E-state index is 0.0761. The van der Waals surface area contributed by atoms with Gasteiger partial charge in [0.2, 0.25) is 0 Å². The second kappa shape index (κ2) is 10.5. The van der Waals surface area contributed by atoms with Gasteiger partial charge in [-0.1, -0.05) is 23.7 Å². The Morgan fingerprint density at radius 1 is 1.31 bits per heavy atom. The lowest BCUT2D eigenvalue weighted by atomic mass is 9.92. The van der Waals surface area contributed by atoms with Crippen LogP contribution in [0.2, 0.25) is 5.02 Å². The maximum atomic E-state index is 12.6. The second-order valence-corrected chi connectivity index (χ2v) is 8.06. The van der Waals surface area contributed by atoms with E-state index in [-0.39, 0.29) is 17.5 Å². The van der Waals surface area contributed by atoms with E-state index < -0.39 is 0 Å². The fourth-order valence-electron chi connectivity index (χ4n) is 3.62. The van der Waals surface area contributed by atoms with Gasteiger partial charge in [0, 0.05) is 55.0 Å². The molecule has 0 amide bonds. The number of carbonyl (C=O) groups is 2. The van der Waals surface area contributed by atoms with E-state index in [1.807, 2.05) is 30.3 Å². The lowest BCUT2D eigenvalue weighted by Crippen LogP contribution is -2.35. The van der Waals surface area contributed by atoms with Crippen LogP contribution in [-0.4, -0.2) is 36.2 Å². The van der Waals surface area contributed by atoms with Gasteiger partial charge in [0.25, 0.3) is 0 Å². The summed E-state index contributed by atoms with van der Waals surface area (Å²) in [5, 5.41) is 7.20. The molecule has 1 aromatic carbocycles. The minimum atomic E-state index is 0.0761. The Labute approximate surface area is 177 Å².